The van der Waals surface area contributed by atoms with Crippen molar-refractivity contribution in [1.29, 1.82) is 0 Å². The van der Waals surface area contributed by atoms with Crippen LogP contribution in [0, 0.1) is 0 Å². The van der Waals surface area contributed by atoms with Crippen molar-refractivity contribution in [2.75, 3.05) is 18.6 Å². The van der Waals surface area contributed by atoms with Gasteiger partial charge in [0, 0.05) is 29.0 Å². The third-order valence-electron chi connectivity index (χ3n) is 3.07. The number of benzene rings is 1. The van der Waals surface area contributed by atoms with Crippen LogP contribution in [0.2, 0.25) is 0 Å². The maximum absolute atomic E-state index is 11.1. The predicted molar refractivity (Wildman–Crippen MR) is 84.1 cm³/mol. The van der Waals surface area contributed by atoms with Crippen molar-refractivity contribution < 1.29 is 4.21 Å². The SMILES string of the molecule is CS(=O)CCCNC(c1ccccc1)c1ccccn1. The standard InChI is InChI=1S/C16H20N2OS/c1-20(19)13-7-12-18-16(14-8-3-2-4-9-14)15-10-5-6-11-17-15/h2-6,8-11,16,18H,7,12-13H2,1H3. The highest BCUT2D eigenvalue weighted by atomic mass is 32.2. The number of hydrogen-bond donors (Lipinski definition) is 1. The molecular weight excluding hydrogens is 268 g/mol. The zero-order chi connectivity index (χ0) is 14.2. The first-order valence-corrected chi connectivity index (χ1v) is 8.49. The average molecular weight is 288 g/mol. The van der Waals surface area contributed by atoms with Crippen LogP contribution in [0.5, 0.6) is 0 Å². The van der Waals surface area contributed by atoms with E-state index in [9.17, 15) is 4.21 Å². The molecular formula is C16H20N2OS. The van der Waals surface area contributed by atoms with Crippen LogP contribution in [-0.2, 0) is 10.8 Å². The summed E-state index contributed by atoms with van der Waals surface area (Å²) in [5, 5.41) is 3.51. The molecule has 2 rings (SSSR count). The fourth-order valence-corrected chi connectivity index (χ4v) is 2.66. The van der Waals surface area contributed by atoms with E-state index in [1.807, 2.05) is 42.6 Å². The Morgan fingerprint density at radius 2 is 1.90 bits per heavy atom. The quantitative estimate of drug-likeness (QED) is 0.796. The van der Waals surface area contributed by atoms with Crippen molar-refractivity contribution in [2.45, 2.75) is 12.5 Å². The molecule has 2 unspecified atom stereocenters. The first-order valence-electron chi connectivity index (χ1n) is 6.76. The van der Waals surface area contributed by atoms with E-state index in [0.29, 0.717) is 0 Å². The molecule has 1 aromatic carbocycles. The molecule has 0 amide bonds. The Morgan fingerprint density at radius 1 is 1.15 bits per heavy atom. The van der Waals surface area contributed by atoms with Gasteiger partial charge in [0.1, 0.15) is 0 Å². The highest BCUT2D eigenvalue weighted by Gasteiger charge is 2.13. The van der Waals surface area contributed by atoms with E-state index >= 15 is 0 Å². The Bertz CT molecular complexity index is 491. The molecule has 106 valence electrons. The van der Waals surface area contributed by atoms with E-state index in [1.165, 1.54) is 5.56 Å². The molecule has 0 aliphatic rings. The molecule has 1 heterocycles. The zero-order valence-electron chi connectivity index (χ0n) is 11.7. The van der Waals surface area contributed by atoms with Gasteiger partial charge in [-0.25, -0.2) is 0 Å². The first-order chi connectivity index (χ1) is 9.77. The Morgan fingerprint density at radius 3 is 2.55 bits per heavy atom. The van der Waals surface area contributed by atoms with Crippen molar-refractivity contribution >= 4 is 10.8 Å². The Hall–Kier alpha value is -1.52. The molecule has 4 heteroatoms. The summed E-state index contributed by atoms with van der Waals surface area (Å²) in [5.74, 6) is 0.733. The monoisotopic (exact) mass is 288 g/mol. The van der Waals surface area contributed by atoms with Crippen LogP contribution >= 0.6 is 0 Å². The number of nitrogens with one attached hydrogen (secondary N) is 1. The summed E-state index contributed by atoms with van der Waals surface area (Å²) in [5.41, 5.74) is 2.21. The van der Waals surface area contributed by atoms with Crippen LogP contribution in [0.1, 0.15) is 23.7 Å². The van der Waals surface area contributed by atoms with E-state index in [2.05, 4.69) is 22.4 Å². The van der Waals surface area contributed by atoms with Crippen LogP contribution in [-0.4, -0.2) is 27.7 Å². The van der Waals surface area contributed by atoms with E-state index < -0.39 is 10.8 Å². The Balaban J connectivity index is 2.07. The average Bonchev–Trinajstić information content (AvgIpc) is 2.49. The molecule has 3 nitrogen and oxygen atoms in total. The normalized spacial score (nSPS) is 13.8. The van der Waals surface area contributed by atoms with Crippen LogP contribution in [0.25, 0.3) is 0 Å². The minimum absolute atomic E-state index is 0.0858. The fourth-order valence-electron chi connectivity index (χ4n) is 2.11. The number of aromatic nitrogens is 1. The summed E-state index contributed by atoms with van der Waals surface area (Å²) in [7, 11) is -0.725. The van der Waals surface area contributed by atoms with E-state index in [0.717, 1.165) is 24.4 Å². The lowest BCUT2D eigenvalue weighted by atomic mass is 10.0. The van der Waals surface area contributed by atoms with Crippen molar-refractivity contribution in [1.82, 2.24) is 10.3 Å². The Kier molecular flexibility index (Phi) is 5.89. The lowest BCUT2D eigenvalue weighted by Gasteiger charge is -2.18. The van der Waals surface area contributed by atoms with Gasteiger partial charge in [0.15, 0.2) is 0 Å². The fraction of sp³-hybridized carbons (Fsp3) is 0.312. The number of pyridine rings is 1. The molecule has 0 fully saturated rings. The molecule has 0 aliphatic carbocycles. The molecule has 0 saturated heterocycles. The van der Waals surface area contributed by atoms with E-state index in [1.54, 1.807) is 6.26 Å². The molecule has 1 aromatic heterocycles. The minimum Gasteiger partial charge on any atom is -0.305 e. The summed E-state index contributed by atoms with van der Waals surface area (Å²) >= 11 is 0. The molecule has 0 saturated carbocycles. The van der Waals surface area contributed by atoms with Crippen LogP contribution in [0.15, 0.2) is 54.7 Å². The topological polar surface area (TPSA) is 42.0 Å². The van der Waals surface area contributed by atoms with Gasteiger partial charge in [-0.05, 0) is 30.7 Å². The zero-order valence-corrected chi connectivity index (χ0v) is 12.5. The third kappa shape index (κ3) is 4.54. The van der Waals surface area contributed by atoms with Crippen LogP contribution in [0.4, 0.5) is 0 Å². The highest BCUT2D eigenvalue weighted by molar-refractivity contribution is 7.84. The van der Waals surface area contributed by atoms with Gasteiger partial charge in [0.25, 0.3) is 0 Å². The molecule has 0 bridgehead atoms. The first kappa shape index (κ1) is 14.9. The van der Waals surface area contributed by atoms with E-state index in [4.69, 9.17) is 0 Å². The molecule has 2 aromatic rings. The van der Waals surface area contributed by atoms with Gasteiger partial charge in [0.05, 0.1) is 11.7 Å². The molecule has 0 spiro atoms. The molecule has 1 N–H and O–H groups in total. The van der Waals surface area contributed by atoms with Crippen molar-refractivity contribution in [3.05, 3.63) is 66.0 Å². The third-order valence-corrected chi connectivity index (χ3v) is 3.94. The maximum Gasteiger partial charge on any atom is 0.0751 e. The van der Waals surface area contributed by atoms with E-state index in [-0.39, 0.29) is 6.04 Å². The summed E-state index contributed by atoms with van der Waals surface area (Å²) in [6, 6.07) is 16.3. The van der Waals surface area contributed by atoms with Crippen LogP contribution in [0.3, 0.4) is 0 Å². The number of rotatable bonds is 7. The minimum atomic E-state index is -0.725. The lowest BCUT2D eigenvalue weighted by Crippen LogP contribution is -2.25. The summed E-state index contributed by atoms with van der Waals surface area (Å²) in [4.78, 5) is 4.45. The van der Waals surface area contributed by atoms with Gasteiger partial charge in [-0.2, -0.15) is 0 Å². The van der Waals surface area contributed by atoms with Crippen molar-refractivity contribution in [2.24, 2.45) is 0 Å². The smallest absolute Gasteiger partial charge is 0.0751 e. The highest BCUT2D eigenvalue weighted by Crippen LogP contribution is 2.19. The lowest BCUT2D eigenvalue weighted by molar-refractivity contribution is 0.586. The second kappa shape index (κ2) is 7.92. The molecule has 20 heavy (non-hydrogen) atoms. The van der Waals surface area contributed by atoms with Gasteiger partial charge in [-0.1, -0.05) is 36.4 Å². The van der Waals surface area contributed by atoms with Crippen molar-refractivity contribution in [3.8, 4) is 0 Å². The number of hydrogen-bond acceptors (Lipinski definition) is 3. The number of nitrogens with zero attached hydrogens (tertiary/aromatic N) is 1. The van der Waals surface area contributed by atoms with Gasteiger partial charge >= 0.3 is 0 Å². The summed E-state index contributed by atoms with van der Waals surface area (Å²) in [6.07, 6.45) is 4.46. The van der Waals surface area contributed by atoms with Crippen LogP contribution < -0.4 is 5.32 Å². The van der Waals surface area contributed by atoms with Gasteiger partial charge in [0.2, 0.25) is 0 Å². The van der Waals surface area contributed by atoms with Gasteiger partial charge in [-0.15, -0.1) is 0 Å². The predicted octanol–water partition coefficient (Wildman–Crippen LogP) is 2.53. The second-order valence-corrected chi connectivity index (χ2v) is 6.24. The molecule has 0 aliphatic heterocycles. The Labute approximate surface area is 122 Å². The van der Waals surface area contributed by atoms with Crippen molar-refractivity contribution in [3.63, 3.8) is 0 Å². The maximum atomic E-state index is 11.1. The second-order valence-electron chi connectivity index (χ2n) is 4.68. The molecule has 2 atom stereocenters. The summed E-state index contributed by atoms with van der Waals surface area (Å²) in [6.45, 7) is 0.829. The van der Waals surface area contributed by atoms with Gasteiger partial charge in [-0.3, -0.25) is 9.19 Å². The largest absolute Gasteiger partial charge is 0.305 e. The summed E-state index contributed by atoms with van der Waals surface area (Å²) < 4.78 is 11.1. The molecule has 0 radical (unpaired) electrons. The van der Waals surface area contributed by atoms with Gasteiger partial charge < -0.3 is 5.32 Å².